The summed E-state index contributed by atoms with van der Waals surface area (Å²) < 4.78 is 0. The molecule has 20 heavy (non-hydrogen) atoms. The molecule has 0 amide bonds. The van der Waals surface area contributed by atoms with Crippen LogP contribution in [0.1, 0.15) is 58.2 Å². The Bertz CT molecular complexity index is 430. The Morgan fingerprint density at radius 3 is 2.25 bits per heavy atom. The van der Waals surface area contributed by atoms with E-state index in [0.29, 0.717) is 6.04 Å². The van der Waals surface area contributed by atoms with Gasteiger partial charge < -0.3 is 5.73 Å². The average molecular weight is 274 g/mol. The molecule has 3 atom stereocenters. The van der Waals surface area contributed by atoms with Crippen molar-refractivity contribution in [2.75, 3.05) is 13.1 Å². The van der Waals surface area contributed by atoms with Crippen molar-refractivity contribution in [2.45, 2.75) is 58.5 Å². The fourth-order valence-electron chi connectivity index (χ4n) is 3.23. The van der Waals surface area contributed by atoms with E-state index in [0.717, 1.165) is 12.5 Å². The molecule has 1 fully saturated rings. The van der Waals surface area contributed by atoms with Gasteiger partial charge in [-0.15, -0.1) is 0 Å². The SMILES string of the molecule is CC1CC(C)N(CC(N)c2ccc(C(C)(C)C)cc2)C1. The molecule has 1 saturated heterocycles. The molecule has 2 N–H and O–H groups in total. The topological polar surface area (TPSA) is 29.3 Å². The lowest BCUT2D eigenvalue weighted by Crippen LogP contribution is -2.34. The minimum absolute atomic E-state index is 0.122. The maximum Gasteiger partial charge on any atom is 0.0424 e. The highest BCUT2D eigenvalue weighted by molar-refractivity contribution is 5.29. The van der Waals surface area contributed by atoms with Gasteiger partial charge in [0.25, 0.3) is 0 Å². The van der Waals surface area contributed by atoms with Gasteiger partial charge in [-0.3, -0.25) is 4.90 Å². The van der Waals surface area contributed by atoms with E-state index >= 15 is 0 Å². The molecule has 1 aliphatic rings. The largest absolute Gasteiger partial charge is 0.323 e. The van der Waals surface area contributed by atoms with E-state index in [1.165, 1.54) is 24.1 Å². The van der Waals surface area contributed by atoms with Crippen LogP contribution < -0.4 is 5.73 Å². The predicted octanol–water partition coefficient (Wildman–Crippen LogP) is 3.71. The van der Waals surface area contributed by atoms with Gasteiger partial charge in [0, 0.05) is 25.2 Å². The van der Waals surface area contributed by atoms with E-state index in [-0.39, 0.29) is 11.5 Å². The van der Waals surface area contributed by atoms with Crippen LogP contribution in [0.4, 0.5) is 0 Å². The molecule has 3 unspecified atom stereocenters. The zero-order chi connectivity index (χ0) is 14.9. The summed E-state index contributed by atoms with van der Waals surface area (Å²) in [5.74, 6) is 0.806. The van der Waals surface area contributed by atoms with Gasteiger partial charge in [-0.25, -0.2) is 0 Å². The highest BCUT2D eigenvalue weighted by atomic mass is 15.2. The standard InChI is InChI=1S/C18H30N2/c1-13-10-14(2)20(11-13)12-17(19)15-6-8-16(9-7-15)18(3,4)5/h6-9,13-14,17H,10-12,19H2,1-5H3. The molecule has 0 bridgehead atoms. The van der Waals surface area contributed by atoms with Gasteiger partial charge >= 0.3 is 0 Å². The van der Waals surface area contributed by atoms with Crippen molar-refractivity contribution in [3.05, 3.63) is 35.4 Å². The summed E-state index contributed by atoms with van der Waals surface area (Å²) >= 11 is 0. The van der Waals surface area contributed by atoms with E-state index in [1.807, 2.05) is 0 Å². The third-order valence-electron chi connectivity index (χ3n) is 4.55. The van der Waals surface area contributed by atoms with Crippen LogP contribution in [0.3, 0.4) is 0 Å². The van der Waals surface area contributed by atoms with Crippen LogP contribution in [-0.4, -0.2) is 24.0 Å². The van der Waals surface area contributed by atoms with Crippen molar-refractivity contribution in [3.8, 4) is 0 Å². The first-order valence-corrected chi connectivity index (χ1v) is 7.87. The van der Waals surface area contributed by atoms with Gasteiger partial charge in [0.05, 0.1) is 0 Å². The van der Waals surface area contributed by atoms with Crippen LogP contribution in [0.2, 0.25) is 0 Å². The first-order chi connectivity index (χ1) is 9.27. The summed E-state index contributed by atoms with van der Waals surface area (Å²) in [6, 6.07) is 9.66. The van der Waals surface area contributed by atoms with E-state index in [2.05, 4.69) is 63.8 Å². The summed E-state index contributed by atoms with van der Waals surface area (Å²) in [6.45, 7) is 13.5. The highest BCUT2D eigenvalue weighted by Gasteiger charge is 2.27. The number of rotatable bonds is 3. The predicted molar refractivity (Wildman–Crippen MR) is 86.9 cm³/mol. The number of nitrogens with zero attached hydrogens (tertiary/aromatic N) is 1. The second kappa shape index (κ2) is 5.87. The fourth-order valence-corrected chi connectivity index (χ4v) is 3.23. The summed E-state index contributed by atoms with van der Waals surface area (Å²) in [5.41, 5.74) is 9.24. The van der Waals surface area contributed by atoms with E-state index in [4.69, 9.17) is 5.73 Å². The van der Waals surface area contributed by atoms with Crippen molar-refractivity contribution in [1.29, 1.82) is 0 Å². The molecule has 0 aromatic heterocycles. The second-order valence-corrected chi connectivity index (χ2v) is 7.62. The van der Waals surface area contributed by atoms with Crippen LogP contribution >= 0.6 is 0 Å². The number of nitrogens with two attached hydrogens (primary N) is 1. The monoisotopic (exact) mass is 274 g/mol. The summed E-state index contributed by atoms with van der Waals surface area (Å²) in [4.78, 5) is 2.53. The molecule has 0 aliphatic carbocycles. The molecular weight excluding hydrogens is 244 g/mol. The van der Waals surface area contributed by atoms with Crippen LogP contribution in [0.25, 0.3) is 0 Å². The zero-order valence-corrected chi connectivity index (χ0v) is 13.7. The normalized spacial score (nSPS) is 25.9. The Hall–Kier alpha value is -0.860. The number of likely N-dealkylation sites (tertiary alicyclic amines) is 1. The molecule has 2 nitrogen and oxygen atoms in total. The van der Waals surface area contributed by atoms with Gasteiger partial charge in [0.1, 0.15) is 0 Å². The number of benzene rings is 1. The Morgan fingerprint density at radius 2 is 1.80 bits per heavy atom. The lowest BCUT2D eigenvalue weighted by Gasteiger charge is -2.26. The third-order valence-corrected chi connectivity index (χ3v) is 4.55. The van der Waals surface area contributed by atoms with Crippen LogP contribution in [0, 0.1) is 5.92 Å². The van der Waals surface area contributed by atoms with Gasteiger partial charge in [0.15, 0.2) is 0 Å². The van der Waals surface area contributed by atoms with Gasteiger partial charge in [0.2, 0.25) is 0 Å². The third kappa shape index (κ3) is 3.62. The molecule has 112 valence electrons. The molecule has 1 aromatic rings. The molecule has 0 radical (unpaired) electrons. The average Bonchev–Trinajstić information content (AvgIpc) is 2.67. The molecule has 0 saturated carbocycles. The number of hydrogen-bond donors (Lipinski definition) is 1. The highest BCUT2D eigenvalue weighted by Crippen LogP contribution is 2.26. The quantitative estimate of drug-likeness (QED) is 0.910. The summed E-state index contributed by atoms with van der Waals surface area (Å²) in [7, 11) is 0. The second-order valence-electron chi connectivity index (χ2n) is 7.62. The van der Waals surface area contributed by atoms with E-state index in [9.17, 15) is 0 Å². The first-order valence-electron chi connectivity index (χ1n) is 7.87. The lowest BCUT2D eigenvalue weighted by atomic mass is 9.86. The maximum atomic E-state index is 6.40. The zero-order valence-electron chi connectivity index (χ0n) is 13.7. The van der Waals surface area contributed by atoms with Gasteiger partial charge in [-0.2, -0.15) is 0 Å². The Labute approximate surface area is 124 Å². The van der Waals surface area contributed by atoms with Crippen molar-refractivity contribution >= 4 is 0 Å². The molecule has 0 spiro atoms. The Morgan fingerprint density at radius 1 is 1.20 bits per heavy atom. The fraction of sp³-hybridized carbons (Fsp3) is 0.667. The van der Waals surface area contributed by atoms with Crippen molar-refractivity contribution in [2.24, 2.45) is 11.7 Å². The molecule has 1 heterocycles. The Balaban J connectivity index is 2.01. The van der Waals surface area contributed by atoms with Gasteiger partial charge in [-0.1, -0.05) is 52.0 Å². The summed E-state index contributed by atoms with van der Waals surface area (Å²) in [6.07, 6.45) is 1.30. The van der Waals surface area contributed by atoms with Gasteiger partial charge in [-0.05, 0) is 35.8 Å². The summed E-state index contributed by atoms with van der Waals surface area (Å²) in [5, 5.41) is 0. The maximum absolute atomic E-state index is 6.40. The smallest absolute Gasteiger partial charge is 0.0424 e. The Kier molecular flexibility index (Phi) is 4.55. The minimum Gasteiger partial charge on any atom is -0.323 e. The lowest BCUT2D eigenvalue weighted by molar-refractivity contribution is 0.249. The van der Waals surface area contributed by atoms with Crippen molar-refractivity contribution in [3.63, 3.8) is 0 Å². The minimum atomic E-state index is 0.122. The van der Waals surface area contributed by atoms with Crippen molar-refractivity contribution < 1.29 is 0 Å². The van der Waals surface area contributed by atoms with Crippen LogP contribution in [0.5, 0.6) is 0 Å². The first kappa shape index (κ1) is 15.5. The van der Waals surface area contributed by atoms with E-state index < -0.39 is 0 Å². The molecule has 2 rings (SSSR count). The van der Waals surface area contributed by atoms with Crippen molar-refractivity contribution in [1.82, 2.24) is 4.90 Å². The molecule has 1 aromatic carbocycles. The van der Waals surface area contributed by atoms with Crippen LogP contribution in [-0.2, 0) is 5.41 Å². The van der Waals surface area contributed by atoms with Crippen LogP contribution in [0.15, 0.2) is 24.3 Å². The molecule has 1 aliphatic heterocycles. The molecular formula is C18H30N2. The van der Waals surface area contributed by atoms with E-state index in [1.54, 1.807) is 0 Å². The molecule has 2 heteroatoms. The number of hydrogen-bond acceptors (Lipinski definition) is 2.